The van der Waals surface area contributed by atoms with Gasteiger partial charge in [-0.1, -0.05) is 12.2 Å². The van der Waals surface area contributed by atoms with E-state index in [2.05, 4.69) is 13.2 Å². The van der Waals surface area contributed by atoms with Crippen molar-refractivity contribution >= 4 is 0 Å². The molecule has 0 radical (unpaired) electrons. The maximum Gasteiger partial charge on any atom is 0.336 e. The van der Waals surface area contributed by atoms with E-state index in [-0.39, 0.29) is 38.4 Å². The van der Waals surface area contributed by atoms with Crippen molar-refractivity contribution in [3.63, 3.8) is 0 Å². The Labute approximate surface area is 201 Å². The average molecular weight is 506 g/mol. The van der Waals surface area contributed by atoms with Crippen LogP contribution < -0.4 is 34.1 Å². The molecule has 2 aromatic rings. The fourth-order valence-electron chi connectivity index (χ4n) is 3.79. The number of hydrogen-bond donors (Lipinski definition) is 1. The van der Waals surface area contributed by atoms with Gasteiger partial charge in [-0.15, -0.1) is 13.2 Å². The van der Waals surface area contributed by atoms with Crippen molar-refractivity contribution < 1.29 is 14.6 Å². The molecule has 0 bridgehead atoms. The smallest absolute Gasteiger partial charge is 0.336 e. The maximum absolute atomic E-state index is 12.9. The summed E-state index contributed by atoms with van der Waals surface area (Å²) in [5.74, 6) is 0. The van der Waals surface area contributed by atoms with Crippen molar-refractivity contribution in [1.29, 1.82) is 0 Å². The third kappa shape index (κ3) is 4.93. The van der Waals surface area contributed by atoms with Crippen molar-refractivity contribution in [1.82, 2.24) is 27.4 Å². The molecule has 15 heteroatoms. The predicted octanol–water partition coefficient (Wildman–Crippen LogP) is -4.11. The number of nitrogens with zero attached hydrogens (tertiary/aromatic N) is 6. The first-order valence-corrected chi connectivity index (χ1v) is 11.2. The summed E-state index contributed by atoms with van der Waals surface area (Å²) in [7, 11) is 0. The zero-order chi connectivity index (χ0) is 26.1. The van der Waals surface area contributed by atoms with E-state index in [0.29, 0.717) is 22.3 Å². The first kappa shape index (κ1) is 25.3. The van der Waals surface area contributed by atoms with E-state index < -0.39 is 53.3 Å². The monoisotopic (exact) mass is 506 g/mol. The summed E-state index contributed by atoms with van der Waals surface area (Å²) in [6, 6.07) is 0. The predicted molar refractivity (Wildman–Crippen MR) is 124 cm³/mol. The van der Waals surface area contributed by atoms with Gasteiger partial charge in [-0.3, -0.25) is 0 Å². The average Bonchev–Trinajstić information content (AvgIpc) is 3.77. The topological polar surface area (TPSA) is 177 Å². The van der Waals surface area contributed by atoms with Crippen molar-refractivity contribution in [2.24, 2.45) is 0 Å². The Morgan fingerprint density at radius 3 is 1.28 bits per heavy atom. The number of aliphatic hydroxyl groups excluding tert-OH is 1. The quantitative estimate of drug-likeness (QED) is 0.221. The van der Waals surface area contributed by atoms with Gasteiger partial charge in [-0.2, -0.15) is 0 Å². The van der Waals surface area contributed by atoms with Crippen LogP contribution in [0.15, 0.2) is 54.1 Å². The van der Waals surface area contributed by atoms with Gasteiger partial charge in [-0.25, -0.2) is 56.2 Å². The van der Waals surface area contributed by atoms with Gasteiger partial charge in [0.2, 0.25) is 0 Å². The van der Waals surface area contributed by atoms with E-state index in [1.54, 1.807) is 0 Å². The third-order valence-electron chi connectivity index (χ3n) is 5.76. The van der Waals surface area contributed by atoms with Crippen molar-refractivity contribution in [2.75, 3.05) is 13.2 Å². The van der Waals surface area contributed by atoms with Crippen LogP contribution in [0, 0.1) is 0 Å². The largest absolute Gasteiger partial charge is 0.389 e. The fourth-order valence-corrected chi connectivity index (χ4v) is 3.79. The molecule has 2 unspecified atom stereocenters. The lowest BCUT2D eigenvalue weighted by Crippen LogP contribution is -2.57. The molecule has 2 aliphatic rings. The van der Waals surface area contributed by atoms with Gasteiger partial charge < -0.3 is 14.6 Å². The van der Waals surface area contributed by atoms with Crippen molar-refractivity contribution in [2.45, 2.75) is 57.6 Å². The molecule has 0 amide bonds. The van der Waals surface area contributed by atoms with Crippen LogP contribution >= 0.6 is 0 Å². The molecule has 2 aromatic heterocycles. The van der Waals surface area contributed by atoms with Crippen LogP contribution in [0.25, 0.3) is 0 Å². The molecule has 0 saturated carbocycles. The molecule has 4 heterocycles. The molecule has 0 spiro atoms. The summed E-state index contributed by atoms with van der Waals surface area (Å²) < 4.78 is 14.7. The Kier molecular flexibility index (Phi) is 7.05. The van der Waals surface area contributed by atoms with Crippen LogP contribution in [0.4, 0.5) is 0 Å². The SMILES string of the molecule is C=CCn1c(=O)n(CC(O)Cn2c(=O)n(CC=C)c(=O)n(CC3CO3)c2=O)c(=O)n(CC2CO2)c1=O. The second-order valence-corrected chi connectivity index (χ2v) is 8.50. The Morgan fingerprint density at radius 2 is 0.972 bits per heavy atom. The van der Waals surface area contributed by atoms with E-state index in [1.807, 2.05) is 0 Å². The number of aliphatic hydroxyl groups is 1. The lowest BCUT2D eigenvalue weighted by molar-refractivity contribution is 0.123. The molecule has 4 rings (SSSR count). The molecule has 2 aliphatic heterocycles. The lowest BCUT2D eigenvalue weighted by Gasteiger charge is -2.17. The number of ether oxygens (including phenoxy) is 2. The van der Waals surface area contributed by atoms with Crippen LogP contribution in [0.3, 0.4) is 0 Å². The van der Waals surface area contributed by atoms with Crippen molar-refractivity contribution in [3.8, 4) is 0 Å². The maximum atomic E-state index is 12.9. The summed E-state index contributed by atoms with van der Waals surface area (Å²) in [6.07, 6.45) is 0.339. The molecule has 2 atom stereocenters. The fraction of sp³-hybridized carbons (Fsp3) is 0.524. The van der Waals surface area contributed by atoms with Gasteiger partial charge in [0.15, 0.2) is 0 Å². The minimum atomic E-state index is -1.58. The zero-order valence-corrected chi connectivity index (χ0v) is 19.4. The molecule has 194 valence electrons. The standard InChI is InChI=1S/C21H26N6O9/c1-3-5-22-16(29)24(20(33)26(18(22)31)9-14-11-35-14)7-13(28)8-25-17(30)23(6-4-2)19(32)27(21(25)34)10-15-12-36-15/h3-4,13-15,28H,1-2,5-12H2. The highest BCUT2D eigenvalue weighted by Crippen LogP contribution is 2.09. The van der Waals surface area contributed by atoms with E-state index in [4.69, 9.17) is 9.47 Å². The normalized spacial score (nSPS) is 19.1. The second kappa shape index (κ2) is 10.0. The zero-order valence-electron chi connectivity index (χ0n) is 19.4. The number of epoxide rings is 2. The summed E-state index contributed by atoms with van der Waals surface area (Å²) in [5.41, 5.74) is -5.58. The van der Waals surface area contributed by atoms with E-state index in [9.17, 15) is 33.9 Å². The molecule has 1 N–H and O–H groups in total. The third-order valence-corrected chi connectivity index (χ3v) is 5.76. The highest BCUT2D eigenvalue weighted by atomic mass is 16.6. The van der Waals surface area contributed by atoms with Crippen LogP contribution in [0.2, 0.25) is 0 Å². The van der Waals surface area contributed by atoms with Crippen LogP contribution in [0.1, 0.15) is 0 Å². The molecule has 15 nitrogen and oxygen atoms in total. The van der Waals surface area contributed by atoms with Crippen LogP contribution in [0.5, 0.6) is 0 Å². The Hall–Kier alpha value is -3.82. The van der Waals surface area contributed by atoms with Crippen LogP contribution in [-0.4, -0.2) is 64.0 Å². The van der Waals surface area contributed by atoms with Crippen molar-refractivity contribution in [3.05, 3.63) is 88.2 Å². The molecule has 2 fully saturated rings. The van der Waals surface area contributed by atoms with Gasteiger partial charge in [0.1, 0.15) is 0 Å². The Balaban J connectivity index is 1.72. The van der Waals surface area contributed by atoms with E-state index in [1.165, 1.54) is 12.2 Å². The molecular formula is C21H26N6O9. The Morgan fingerprint density at radius 1 is 0.667 bits per heavy atom. The first-order chi connectivity index (χ1) is 17.2. The second-order valence-electron chi connectivity index (χ2n) is 8.50. The molecule has 0 aliphatic carbocycles. The molecule has 2 saturated heterocycles. The van der Waals surface area contributed by atoms with Crippen LogP contribution in [-0.2, 0) is 48.7 Å². The number of aromatic nitrogens is 6. The van der Waals surface area contributed by atoms with E-state index in [0.717, 1.165) is 18.3 Å². The summed E-state index contributed by atoms with van der Waals surface area (Å²) >= 11 is 0. The molecular weight excluding hydrogens is 480 g/mol. The highest BCUT2D eigenvalue weighted by Gasteiger charge is 2.28. The number of hydrogen-bond acceptors (Lipinski definition) is 9. The molecule has 36 heavy (non-hydrogen) atoms. The minimum Gasteiger partial charge on any atom is -0.389 e. The van der Waals surface area contributed by atoms with Gasteiger partial charge in [0.05, 0.1) is 70.8 Å². The summed E-state index contributed by atoms with van der Waals surface area (Å²) in [5, 5.41) is 10.7. The highest BCUT2D eigenvalue weighted by molar-refractivity contribution is 4.87. The lowest BCUT2D eigenvalue weighted by atomic mass is 10.3. The van der Waals surface area contributed by atoms with Gasteiger partial charge in [0, 0.05) is 0 Å². The summed E-state index contributed by atoms with van der Waals surface area (Å²) in [4.78, 5) is 76.9. The number of rotatable bonds is 12. The first-order valence-electron chi connectivity index (χ1n) is 11.2. The van der Waals surface area contributed by atoms with E-state index >= 15 is 0 Å². The number of allylic oxidation sites excluding steroid dienone is 2. The van der Waals surface area contributed by atoms with Gasteiger partial charge >= 0.3 is 34.1 Å². The minimum absolute atomic E-state index is 0.0783. The summed E-state index contributed by atoms with van der Waals surface area (Å²) in [6.45, 7) is 5.95. The Bertz CT molecular complexity index is 1430. The van der Waals surface area contributed by atoms with Gasteiger partial charge in [0.25, 0.3) is 0 Å². The van der Waals surface area contributed by atoms with Gasteiger partial charge in [-0.05, 0) is 0 Å². The molecule has 0 aromatic carbocycles.